The predicted octanol–water partition coefficient (Wildman–Crippen LogP) is 6.70. The summed E-state index contributed by atoms with van der Waals surface area (Å²) in [6, 6.07) is 17.6. The maximum Gasteiger partial charge on any atom is 0.416 e. The second-order valence-corrected chi connectivity index (χ2v) is 9.51. The van der Waals surface area contributed by atoms with Gasteiger partial charge in [0.05, 0.1) is 53.0 Å². The standard InChI is InChI=1S/C29H20Cl2F3N3O5/c1-40-27(38)23-22(15-6-4-3-5-7-15)19(14-35)26(36)37(24(23)28(39)41-2)17-8-10-18(11-9-17)42-25-20(30)12-16(13-21(25)31)29(32,33)34/h3-13,22H,36H2,1-2H3. The molecule has 4 rings (SSSR count). The zero-order chi connectivity index (χ0) is 30.8. The van der Waals surface area contributed by atoms with Crippen molar-refractivity contribution >= 4 is 40.8 Å². The van der Waals surface area contributed by atoms with Crippen molar-refractivity contribution in [3.05, 3.63) is 111 Å². The molecule has 1 atom stereocenters. The molecule has 0 saturated carbocycles. The van der Waals surface area contributed by atoms with Crippen molar-refractivity contribution in [3.8, 4) is 17.6 Å². The molecule has 0 bridgehead atoms. The lowest BCUT2D eigenvalue weighted by molar-refractivity contribution is -0.139. The van der Waals surface area contributed by atoms with Crippen LogP contribution in [-0.4, -0.2) is 26.2 Å². The van der Waals surface area contributed by atoms with Crippen LogP contribution in [0.3, 0.4) is 0 Å². The first-order valence-electron chi connectivity index (χ1n) is 11.9. The van der Waals surface area contributed by atoms with E-state index in [0.29, 0.717) is 17.7 Å². The molecule has 3 aromatic carbocycles. The van der Waals surface area contributed by atoms with Crippen LogP contribution in [0.5, 0.6) is 11.5 Å². The van der Waals surface area contributed by atoms with Crippen LogP contribution in [0.15, 0.2) is 89.4 Å². The number of esters is 2. The van der Waals surface area contributed by atoms with Gasteiger partial charge in [-0.05, 0) is 42.0 Å². The van der Waals surface area contributed by atoms with Crippen LogP contribution in [0, 0.1) is 11.3 Å². The molecule has 0 spiro atoms. The third-order valence-electron chi connectivity index (χ3n) is 6.25. The fraction of sp³-hybridized carbons (Fsp3) is 0.138. The smallest absolute Gasteiger partial charge is 0.416 e. The Kier molecular flexibility index (Phi) is 8.70. The van der Waals surface area contributed by atoms with Crippen LogP contribution in [0.2, 0.25) is 10.0 Å². The Morgan fingerprint density at radius 2 is 1.52 bits per heavy atom. The van der Waals surface area contributed by atoms with Gasteiger partial charge in [-0.25, -0.2) is 9.59 Å². The van der Waals surface area contributed by atoms with Gasteiger partial charge in [0.2, 0.25) is 0 Å². The Labute approximate surface area is 247 Å². The number of rotatable bonds is 6. The maximum absolute atomic E-state index is 13.2. The number of methoxy groups -OCH3 is 2. The third kappa shape index (κ3) is 5.72. The molecular weight excluding hydrogens is 598 g/mol. The lowest BCUT2D eigenvalue weighted by Gasteiger charge is -2.35. The number of nitriles is 1. The lowest BCUT2D eigenvalue weighted by Crippen LogP contribution is -2.40. The average molecular weight is 618 g/mol. The first-order chi connectivity index (χ1) is 19.9. The van der Waals surface area contributed by atoms with Gasteiger partial charge >= 0.3 is 18.1 Å². The highest BCUT2D eigenvalue weighted by Crippen LogP contribution is 2.45. The molecule has 8 nitrogen and oxygen atoms in total. The van der Waals surface area contributed by atoms with Crippen molar-refractivity contribution in [3.63, 3.8) is 0 Å². The molecule has 42 heavy (non-hydrogen) atoms. The van der Waals surface area contributed by atoms with Crippen LogP contribution in [0.1, 0.15) is 17.0 Å². The Balaban J connectivity index is 1.82. The highest BCUT2D eigenvalue weighted by Gasteiger charge is 2.43. The van der Waals surface area contributed by atoms with Gasteiger partial charge in [-0.3, -0.25) is 4.90 Å². The Bertz CT molecular complexity index is 1630. The Hall–Kier alpha value is -4.66. The zero-order valence-electron chi connectivity index (χ0n) is 21.8. The van der Waals surface area contributed by atoms with Crippen LogP contribution < -0.4 is 15.4 Å². The van der Waals surface area contributed by atoms with Crippen molar-refractivity contribution in [1.29, 1.82) is 5.26 Å². The summed E-state index contributed by atoms with van der Waals surface area (Å²) in [6.45, 7) is 0. The number of carbonyl (C=O) groups is 2. The van der Waals surface area contributed by atoms with E-state index in [1.165, 1.54) is 29.2 Å². The number of nitrogens with zero attached hydrogens (tertiary/aromatic N) is 2. The van der Waals surface area contributed by atoms with Gasteiger partial charge in [0.15, 0.2) is 5.75 Å². The molecule has 1 aliphatic heterocycles. The van der Waals surface area contributed by atoms with Crippen LogP contribution in [0.25, 0.3) is 0 Å². The summed E-state index contributed by atoms with van der Waals surface area (Å²) >= 11 is 12.0. The SMILES string of the molecule is COC(=O)C1=C(C(=O)OC)N(c2ccc(Oc3c(Cl)cc(C(F)(F)F)cc3Cl)cc2)C(N)=C(C#N)C1c1ccccc1. The second kappa shape index (κ2) is 12.1. The minimum atomic E-state index is -4.66. The van der Waals surface area contributed by atoms with Crippen LogP contribution in [-0.2, 0) is 25.2 Å². The molecule has 0 radical (unpaired) electrons. The molecule has 13 heteroatoms. The number of nitrogens with two attached hydrogens (primary N) is 1. The Morgan fingerprint density at radius 1 is 0.952 bits per heavy atom. The quantitative estimate of drug-likeness (QED) is 0.304. The highest BCUT2D eigenvalue weighted by molar-refractivity contribution is 6.37. The molecule has 1 heterocycles. The molecule has 0 aliphatic carbocycles. The maximum atomic E-state index is 13.2. The molecule has 1 unspecified atom stereocenters. The van der Waals surface area contributed by atoms with Gasteiger partial charge in [-0.2, -0.15) is 18.4 Å². The molecule has 0 fully saturated rings. The van der Waals surface area contributed by atoms with Gasteiger partial charge in [0, 0.05) is 5.69 Å². The van der Waals surface area contributed by atoms with E-state index in [1.54, 1.807) is 30.3 Å². The summed E-state index contributed by atoms with van der Waals surface area (Å²) in [7, 11) is 2.25. The van der Waals surface area contributed by atoms with Crippen molar-refractivity contribution in [2.75, 3.05) is 19.1 Å². The molecule has 0 aromatic heterocycles. The van der Waals surface area contributed by atoms with E-state index in [2.05, 4.69) is 0 Å². The average Bonchev–Trinajstić information content (AvgIpc) is 2.97. The molecule has 2 N–H and O–H groups in total. The van der Waals surface area contributed by atoms with E-state index in [0.717, 1.165) is 14.2 Å². The predicted molar refractivity (Wildman–Crippen MR) is 148 cm³/mol. The fourth-order valence-electron chi connectivity index (χ4n) is 4.38. The molecule has 3 aromatic rings. The largest absolute Gasteiger partial charge is 0.466 e. The number of hydrogen-bond acceptors (Lipinski definition) is 8. The number of allylic oxidation sites excluding steroid dienone is 1. The topological polar surface area (TPSA) is 115 Å². The highest BCUT2D eigenvalue weighted by atomic mass is 35.5. The number of benzene rings is 3. The van der Waals surface area contributed by atoms with Gasteiger partial charge in [0.25, 0.3) is 0 Å². The minimum absolute atomic E-state index is 0.0297. The van der Waals surface area contributed by atoms with Crippen molar-refractivity contribution in [2.45, 2.75) is 12.1 Å². The van der Waals surface area contributed by atoms with Crippen molar-refractivity contribution in [1.82, 2.24) is 0 Å². The summed E-state index contributed by atoms with van der Waals surface area (Å²) in [5, 5.41) is 9.38. The first-order valence-corrected chi connectivity index (χ1v) is 12.7. The number of halogens is 5. The van der Waals surface area contributed by atoms with Crippen molar-refractivity contribution in [2.24, 2.45) is 5.73 Å². The summed E-state index contributed by atoms with van der Waals surface area (Å²) in [5.74, 6) is -3.11. The third-order valence-corrected chi connectivity index (χ3v) is 6.81. The molecule has 1 aliphatic rings. The summed E-state index contributed by atoms with van der Waals surface area (Å²) in [5.41, 5.74) is 5.65. The van der Waals surface area contributed by atoms with E-state index in [-0.39, 0.29) is 49.9 Å². The zero-order valence-corrected chi connectivity index (χ0v) is 23.3. The van der Waals surface area contributed by atoms with Crippen LogP contribution in [0.4, 0.5) is 18.9 Å². The lowest BCUT2D eigenvalue weighted by atomic mass is 9.81. The van der Waals surface area contributed by atoms with E-state index >= 15 is 0 Å². The van der Waals surface area contributed by atoms with Crippen molar-refractivity contribution < 1.29 is 37.0 Å². The number of hydrogen-bond donors (Lipinski definition) is 1. The molecular formula is C29H20Cl2F3N3O5. The van der Waals surface area contributed by atoms with Gasteiger partial charge < -0.3 is 19.9 Å². The van der Waals surface area contributed by atoms with E-state index < -0.39 is 29.6 Å². The second-order valence-electron chi connectivity index (χ2n) is 8.70. The summed E-state index contributed by atoms with van der Waals surface area (Å²) in [6.07, 6.45) is -4.66. The first kappa shape index (κ1) is 30.3. The number of alkyl halides is 3. The van der Waals surface area contributed by atoms with Gasteiger partial charge in [-0.15, -0.1) is 0 Å². The monoisotopic (exact) mass is 617 g/mol. The van der Waals surface area contributed by atoms with E-state index in [4.69, 9.17) is 43.1 Å². The molecule has 0 saturated heterocycles. The van der Waals surface area contributed by atoms with E-state index in [9.17, 15) is 28.0 Å². The summed E-state index contributed by atoms with van der Waals surface area (Å²) < 4.78 is 54.9. The summed E-state index contributed by atoms with van der Waals surface area (Å²) in [4.78, 5) is 27.5. The normalized spacial score (nSPS) is 15.3. The van der Waals surface area contributed by atoms with Gasteiger partial charge in [-0.1, -0.05) is 53.5 Å². The number of carbonyl (C=O) groups excluding carboxylic acids is 2. The molecule has 216 valence electrons. The fourth-order valence-corrected chi connectivity index (χ4v) is 4.95. The number of ether oxygens (including phenoxy) is 3. The number of anilines is 1. The van der Waals surface area contributed by atoms with Gasteiger partial charge in [0.1, 0.15) is 17.3 Å². The Morgan fingerprint density at radius 3 is 2.02 bits per heavy atom. The van der Waals surface area contributed by atoms with E-state index in [1.807, 2.05) is 6.07 Å². The van der Waals surface area contributed by atoms with Crippen LogP contribution >= 0.6 is 23.2 Å². The molecule has 0 amide bonds. The minimum Gasteiger partial charge on any atom is -0.466 e.